The number of unbranched alkanes of at least 4 members (excludes halogenated alkanes) is 29. The molecule has 2 atom stereocenters. The second-order valence-electron chi connectivity index (χ2n) is 15.4. The van der Waals surface area contributed by atoms with E-state index in [1.54, 1.807) is 0 Å². The summed E-state index contributed by atoms with van der Waals surface area (Å²) in [6.45, 7) is 9.44. The second-order valence-corrected chi connectivity index (χ2v) is 15.4. The molecule has 0 spiro atoms. The molecule has 46 heavy (non-hydrogen) atoms. The summed E-state index contributed by atoms with van der Waals surface area (Å²) < 4.78 is 2.62. The van der Waals surface area contributed by atoms with E-state index in [2.05, 4.69) is 49.6 Å². The van der Waals surface area contributed by atoms with Crippen molar-refractivity contribution in [3.8, 4) is 0 Å². The summed E-state index contributed by atoms with van der Waals surface area (Å²) in [5.41, 5.74) is 0. The van der Waals surface area contributed by atoms with Crippen molar-refractivity contribution in [2.45, 2.75) is 264 Å². The van der Waals surface area contributed by atoms with E-state index in [1.807, 2.05) is 0 Å². The normalized spacial score (nSPS) is 13.0. The Kier molecular flexibility index (Phi) is 32.0. The van der Waals surface area contributed by atoms with Crippen LogP contribution in [0.25, 0.3) is 0 Å². The van der Waals surface area contributed by atoms with Crippen molar-refractivity contribution in [3.05, 3.63) is 18.2 Å². The summed E-state index contributed by atoms with van der Waals surface area (Å²) in [5.74, 6) is 2.23. The highest BCUT2D eigenvalue weighted by Crippen LogP contribution is 2.27. The summed E-state index contributed by atoms with van der Waals surface area (Å²) in [5, 5.41) is 0. The molecule has 2 unspecified atom stereocenters. The summed E-state index contributed by atoms with van der Waals surface area (Å²) in [4.78, 5) is 3.71. The lowest BCUT2D eigenvalue weighted by Gasteiger charge is -2.17. The molecule has 0 saturated carbocycles. The van der Waals surface area contributed by atoms with Crippen LogP contribution >= 0.6 is 0 Å². The summed E-state index contributed by atoms with van der Waals surface area (Å²) in [6, 6.07) is 0.619. The van der Waals surface area contributed by atoms with Crippen LogP contribution < -0.4 is 4.57 Å². The molecule has 1 aromatic rings. The maximum absolute atomic E-state index is 3.71. The number of aromatic amines is 1. The largest absolute Gasteiger partial charge is 0.257 e. The molecule has 1 aromatic heterocycles. The smallest absolute Gasteiger partial charge is 0.247 e. The third kappa shape index (κ3) is 25.3. The lowest BCUT2D eigenvalue weighted by molar-refractivity contribution is -0.727. The number of imidazole rings is 1. The van der Waals surface area contributed by atoms with Crippen LogP contribution in [0.3, 0.4) is 0 Å². The highest BCUT2D eigenvalue weighted by molar-refractivity contribution is 4.90. The van der Waals surface area contributed by atoms with E-state index >= 15 is 0 Å². The predicted octanol–water partition coefficient (Wildman–Crippen LogP) is 15.7. The Hall–Kier alpha value is -0.790. The highest BCUT2D eigenvalue weighted by atomic mass is 15.1. The van der Waals surface area contributed by atoms with E-state index in [4.69, 9.17) is 0 Å². The van der Waals surface area contributed by atoms with Gasteiger partial charge in [-0.1, -0.05) is 220 Å². The molecule has 0 fully saturated rings. The van der Waals surface area contributed by atoms with Crippen LogP contribution in [0.2, 0.25) is 0 Å². The molecule has 0 radical (unpaired) electrons. The monoisotopic (exact) mass is 644 g/mol. The molecule has 2 nitrogen and oxygen atoms in total. The van der Waals surface area contributed by atoms with Gasteiger partial charge in [-0.25, -0.2) is 9.55 Å². The molecule has 0 aromatic carbocycles. The molecule has 2 heteroatoms. The number of hydrogen-bond donors (Lipinski definition) is 1. The lowest BCUT2D eigenvalue weighted by atomic mass is 9.93. The van der Waals surface area contributed by atoms with Gasteiger partial charge in [0, 0.05) is 0 Å². The van der Waals surface area contributed by atoms with Crippen molar-refractivity contribution in [1.82, 2.24) is 4.98 Å². The minimum atomic E-state index is 0.619. The van der Waals surface area contributed by atoms with E-state index in [-0.39, 0.29) is 0 Å². The molecule has 1 heterocycles. The molecular formula is C44H87N2+. The number of hydrogen-bond acceptors (Lipinski definition) is 0. The summed E-state index contributed by atoms with van der Waals surface area (Å²) >= 11 is 0. The van der Waals surface area contributed by atoms with E-state index < -0.39 is 0 Å². The van der Waals surface area contributed by atoms with Crippen LogP contribution in [0.5, 0.6) is 0 Å². The molecule has 0 bridgehead atoms. The SMILES string of the molecule is CCCCCCCCCCCCCCCCCC(CCCC)c1[nH]cc[n+]1C(C)CCCCCCCCCCCCCCCCC. The predicted molar refractivity (Wildman–Crippen MR) is 207 cm³/mol. The van der Waals surface area contributed by atoms with E-state index in [1.165, 1.54) is 231 Å². The first kappa shape index (κ1) is 43.2. The van der Waals surface area contributed by atoms with Crippen LogP contribution in [0.4, 0.5) is 0 Å². The number of nitrogens with one attached hydrogen (secondary N) is 1. The standard InChI is InChI=1S/C44H86N2/c1-5-8-11-13-15-17-19-21-23-25-27-29-31-33-35-37-42(4)46-41-40-45-44(46)43(38-10-7-3)39-36-34-32-30-28-26-24-22-20-18-16-14-12-9-6-2/h40-43H,5-39H2,1-4H3/p+1. The first-order chi connectivity index (χ1) is 22.7. The lowest BCUT2D eigenvalue weighted by Crippen LogP contribution is -2.41. The molecule has 0 aliphatic rings. The molecule has 0 aliphatic heterocycles. The zero-order valence-electron chi connectivity index (χ0n) is 32.5. The van der Waals surface area contributed by atoms with Gasteiger partial charge >= 0.3 is 0 Å². The van der Waals surface area contributed by atoms with Crippen molar-refractivity contribution in [2.75, 3.05) is 0 Å². The van der Waals surface area contributed by atoms with Crippen LogP contribution in [-0.4, -0.2) is 4.98 Å². The van der Waals surface area contributed by atoms with E-state index in [0.717, 1.165) is 0 Å². The average Bonchev–Trinajstić information content (AvgIpc) is 3.56. The van der Waals surface area contributed by atoms with Gasteiger partial charge in [0.1, 0.15) is 12.4 Å². The van der Waals surface area contributed by atoms with Crippen molar-refractivity contribution in [1.29, 1.82) is 0 Å². The van der Waals surface area contributed by atoms with Crippen molar-refractivity contribution in [2.24, 2.45) is 0 Å². The topological polar surface area (TPSA) is 19.7 Å². The van der Waals surface area contributed by atoms with Gasteiger partial charge in [0.25, 0.3) is 5.82 Å². The fraction of sp³-hybridized carbons (Fsp3) is 0.932. The molecule has 1 rings (SSSR count). The quantitative estimate of drug-likeness (QED) is 0.0550. The van der Waals surface area contributed by atoms with Crippen molar-refractivity contribution < 1.29 is 4.57 Å². The van der Waals surface area contributed by atoms with Crippen molar-refractivity contribution >= 4 is 0 Å². The van der Waals surface area contributed by atoms with Gasteiger partial charge in [-0.05, 0) is 32.6 Å². The van der Waals surface area contributed by atoms with Crippen LogP contribution in [0.1, 0.15) is 270 Å². The number of H-pyrrole nitrogens is 1. The second kappa shape index (κ2) is 34.1. The maximum Gasteiger partial charge on any atom is 0.257 e. The summed E-state index contributed by atoms with van der Waals surface area (Å²) in [7, 11) is 0. The third-order valence-electron chi connectivity index (χ3n) is 10.9. The Bertz CT molecular complexity index is 709. The number of nitrogens with zero attached hydrogens (tertiary/aromatic N) is 1. The van der Waals surface area contributed by atoms with Crippen LogP contribution in [0.15, 0.2) is 12.4 Å². The van der Waals surface area contributed by atoms with Gasteiger partial charge < -0.3 is 0 Å². The zero-order chi connectivity index (χ0) is 33.2. The minimum absolute atomic E-state index is 0.619. The molecule has 1 N–H and O–H groups in total. The first-order valence-electron chi connectivity index (χ1n) is 21.8. The van der Waals surface area contributed by atoms with Gasteiger partial charge in [-0.3, -0.25) is 0 Å². The van der Waals surface area contributed by atoms with Crippen molar-refractivity contribution in [3.63, 3.8) is 0 Å². The Morgan fingerprint density at radius 2 is 0.717 bits per heavy atom. The highest BCUT2D eigenvalue weighted by Gasteiger charge is 2.25. The van der Waals surface area contributed by atoms with Gasteiger partial charge in [-0.15, -0.1) is 0 Å². The fourth-order valence-corrected chi connectivity index (χ4v) is 7.65. The first-order valence-corrected chi connectivity index (χ1v) is 21.8. The molecule has 0 saturated heterocycles. The number of aromatic nitrogens is 2. The zero-order valence-corrected chi connectivity index (χ0v) is 32.5. The minimum Gasteiger partial charge on any atom is -0.247 e. The fourth-order valence-electron chi connectivity index (χ4n) is 7.65. The van der Waals surface area contributed by atoms with E-state index in [9.17, 15) is 0 Å². The van der Waals surface area contributed by atoms with Gasteiger partial charge in [0.15, 0.2) is 0 Å². The Balaban J connectivity index is 2.13. The third-order valence-corrected chi connectivity index (χ3v) is 10.9. The molecule has 0 amide bonds. The Morgan fingerprint density at radius 3 is 1.09 bits per heavy atom. The van der Waals surface area contributed by atoms with Gasteiger partial charge in [0.2, 0.25) is 0 Å². The van der Waals surface area contributed by atoms with Crippen LogP contribution in [-0.2, 0) is 0 Å². The molecule has 0 aliphatic carbocycles. The average molecular weight is 644 g/mol. The Morgan fingerprint density at radius 1 is 0.413 bits per heavy atom. The maximum atomic E-state index is 3.71. The van der Waals surface area contributed by atoms with Gasteiger partial charge in [0.05, 0.1) is 12.0 Å². The number of rotatable bonds is 37. The Labute approximate surface area is 291 Å². The summed E-state index contributed by atoms with van der Waals surface area (Å²) in [6.07, 6.45) is 54.7. The van der Waals surface area contributed by atoms with Crippen LogP contribution in [0, 0.1) is 0 Å². The van der Waals surface area contributed by atoms with Gasteiger partial charge in [-0.2, -0.15) is 0 Å². The molecule has 272 valence electrons. The molecular weight excluding hydrogens is 556 g/mol. The van der Waals surface area contributed by atoms with E-state index in [0.29, 0.717) is 12.0 Å².